The van der Waals surface area contributed by atoms with E-state index in [1.54, 1.807) is 12.3 Å². The van der Waals surface area contributed by atoms with Gasteiger partial charge >= 0.3 is 5.97 Å². The Morgan fingerprint density at radius 3 is 2.55 bits per heavy atom. The van der Waals surface area contributed by atoms with E-state index in [1.807, 2.05) is 24.3 Å². The highest BCUT2D eigenvalue weighted by Crippen LogP contribution is 2.32. The SMILES string of the molecule is O=C(O)C1CCC(Oc2nc3nc(-c4ccc(-c5ncco5)cc4)c(Cl)cc3[nH]2)CC1. The van der Waals surface area contributed by atoms with Crippen molar-refractivity contribution in [1.29, 1.82) is 0 Å². The van der Waals surface area contributed by atoms with Gasteiger partial charge in [-0.15, -0.1) is 0 Å². The molecule has 2 N–H and O–H groups in total. The fraction of sp³-hybridized carbons (Fsp3) is 0.273. The smallest absolute Gasteiger partial charge is 0.306 e. The number of aromatic amines is 1. The summed E-state index contributed by atoms with van der Waals surface area (Å²) in [5, 5.41) is 9.62. The fourth-order valence-corrected chi connectivity index (χ4v) is 4.14. The van der Waals surface area contributed by atoms with Gasteiger partial charge < -0.3 is 19.2 Å². The van der Waals surface area contributed by atoms with Gasteiger partial charge in [0.1, 0.15) is 12.4 Å². The van der Waals surface area contributed by atoms with Crippen molar-refractivity contribution >= 4 is 28.7 Å². The third-order valence-corrected chi connectivity index (χ3v) is 5.83. The van der Waals surface area contributed by atoms with Crippen LogP contribution in [0.1, 0.15) is 25.7 Å². The van der Waals surface area contributed by atoms with Gasteiger partial charge in [0.15, 0.2) is 5.65 Å². The molecular formula is C22H19ClN4O4. The predicted molar refractivity (Wildman–Crippen MR) is 114 cm³/mol. The Kier molecular flexibility index (Phi) is 5.07. The number of aromatic nitrogens is 4. The van der Waals surface area contributed by atoms with Crippen LogP contribution in [-0.2, 0) is 4.79 Å². The van der Waals surface area contributed by atoms with Gasteiger partial charge in [-0.1, -0.05) is 23.7 Å². The monoisotopic (exact) mass is 438 g/mol. The second-order valence-electron chi connectivity index (χ2n) is 7.58. The number of carbonyl (C=O) groups is 1. The van der Waals surface area contributed by atoms with Crippen LogP contribution in [0.25, 0.3) is 33.9 Å². The zero-order valence-electron chi connectivity index (χ0n) is 16.4. The van der Waals surface area contributed by atoms with E-state index in [0.717, 1.165) is 11.1 Å². The van der Waals surface area contributed by atoms with E-state index in [2.05, 4.69) is 19.9 Å². The van der Waals surface area contributed by atoms with Crippen molar-refractivity contribution in [3.8, 4) is 28.7 Å². The molecule has 0 aliphatic heterocycles. The Bertz CT molecular complexity index is 1210. The van der Waals surface area contributed by atoms with Gasteiger partial charge in [0.05, 0.1) is 28.3 Å². The lowest BCUT2D eigenvalue weighted by Gasteiger charge is -2.25. The molecule has 9 heteroatoms. The number of fused-ring (bicyclic) bond motifs is 1. The van der Waals surface area contributed by atoms with Crippen LogP contribution < -0.4 is 4.74 Å². The Labute approximate surface area is 182 Å². The van der Waals surface area contributed by atoms with Crippen LogP contribution in [0.15, 0.2) is 47.2 Å². The van der Waals surface area contributed by atoms with Gasteiger partial charge in [-0.2, -0.15) is 4.98 Å². The average Bonchev–Trinajstić information content (AvgIpc) is 3.43. The number of rotatable bonds is 5. The summed E-state index contributed by atoms with van der Waals surface area (Å²) in [6, 6.07) is 9.76. The van der Waals surface area contributed by atoms with E-state index in [9.17, 15) is 4.79 Å². The number of nitrogens with one attached hydrogen (secondary N) is 1. The number of oxazole rings is 1. The first-order chi connectivity index (χ1) is 15.1. The number of aliphatic carboxylic acids is 1. The average molecular weight is 439 g/mol. The van der Waals surface area contributed by atoms with Crippen LogP contribution in [0.5, 0.6) is 6.01 Å². The first kappa shape index (κ1) is 19.6. The Hall–Kier alpha value is -3.39. The third kappa shape index (κ3) is 3.98. The Balaban J connectivity index is 1.35. The van der Waals surface area contributed by atoms with E-state index in [1.165, 1.54) is 6.26 Å². The number of carboxylic acids is 1. The van der Waals surface area contributed by atoms with Gasteiger partial charge in [-0.3, -0.25) is 4.79 Å². The number of hydrogen-bond acceptors (Lipinski definition) is 6. The highest BCUT2D eigenvalue weighted by molar-refractivity contribution is 6.33. The van der Waals surface area contributed by atoms with Crippen molar-refractivity contribution in [3.63, 3.8) is 0 Å². The van der Waals surface area contributed by atoms with Crippen molar-refractivity contribution in [2.45, 2.75) is 31.8 Å². The molecule has 158 valence electrons. The van der Waals surface area contributed by atoms with E-state index < -0.39 is 5.97 Å². The molecule has 1 saturated carbocycles. The van der Waals surface area contributed by atoms with Crippen LogP contribution in [0.3, 0.4) is 0 Å². The summed E-state index contributed by atoms with van der Waals surface area (Å²) in [6.45, 7) is 0. The minimum Gasteiger partial charge on any atom is -0.481 e. The Morgan fingerprint density at radius 2 is 1.87 bits per heavy atom. The second-order valence-corrected chi connectivity index (χ2v) is 7.98. The van der Waals surface area contributed by atoms with Crippen LogP contribution in [0.2, 0.25) is 5.02 Å². The molecule has 0 atom stereocenters. The molecule has 3 heterocycles. The summed E-state index contributed by atoms with van der Waals surface area (Å²) < 4.78 is 11.3. The minimum atomic E-state index is -0.734. The van der Waals surface area contributed by atoms with Crippen LogP contribution in [0, 0.1) is 5.92 Å². The molecular weight excluding hydrogens is 420 g/mol. The molecule has 1 aliphatic rings. The van der Waals surface area contributed by atoms with E-state index >= 15 is 0 Å². The van der Waals surface area contributed by atoms with E-state index in [-0.39, 0.29) is 12.0 Å². The molecule has 1 fully saturated rings. The topological polar surface area (TPSA) is 114 Å². The quantitative estimate of drug-likeness (QED) is 0.452. The van der Waals surface area contributed by atoms with Gasteiger partial charge in [0.25, 0.3) is 6.01 Å². The van der Waals surface area contributed by atoms with Crippen molar-refractivity contribution in [2.24, 2.45) is 5.92 Å². The van der Waals surface area contributed by atoms with Crippen molar-refractivity contribution in [3.05, 3.63) is 47.8 Å². The highest BCUT2D eigenvalue weighted by atomic mass is 35.5. The predicted octanol–water partition coefficient (Wildman–Crippen LogP) is 4.96. The molecule has 0 bridgehead atoms. The van der Waals surface area contributed by atoms with Crippen LogP contribution in [-0.4, -0.2) is 37.1 Å². The van der Waals surface area contributed by atoms with E-state index in [4.69, 9.17) is 25.9 Å². The molecule has 0 unspecified atom stereocenters. The molecule has 0 radical (unpaired) electrons. The molecule has 5 rings (SSSR count). The number of nitrogens with zero attached hydrogens (tertiary/aromatic N) is 3. The van der Waals surface area contributed by atoms with Gasteiger partial charge in [-0.05, 0) is 43.9 Å². The molecule has 8 nitrogen and oxygen atoms in total. The number of halogens is 1. The van der Waals surface area contributed by atoms with Crippen molar-refractivity contribution in [2.75, 3.05) is 0 Å². The van der Waals surface area contributed by atoms with E-state index in [0.29, 0.717) is 59.5 Å². The number of imidazole rings is 1. The molecule has 0 spiro atoms. The van der Waals surface area contributed by atoms with Gasteiger partial charge in [0.2, 0.25) is 5.89 Å². The largest absolute Gasteiger partial charge is 0.481 e. The fourth-order valence-electron chi connectivity index (χ4n) is 3.88. The summed E-state index contributed by atoms with van der Waals surface area (Å²) in [5.74, 6) is -0.469. The maximum atomic E-state index is 11.1. The number of pyridine rings is 1. The Morgan fingerprint density at radius 1 is 1.13 bits per heavy atom. The molecule has 31 heavy (non-hydrogen) atoms. The minimum absolute atomic E-state index is 0.0612. The number of H-pyrrole nitrogens is 1. The van der Waals surface area contributed by atoms with Crippen molar-refractivity contribution < 1.29 is 19.1 Å². The number of benzene rings is 1. The summed E-state index contributed by atoms with van der Waals surface area (Å²) in [7, 11) is 0. The summed E-state index contributed by atoms with van der Waals surface area (Å²) in [4.78, 5) is 27.4. The lowest BCUT2D eigenvalue weighted by atomic mass is 9.87. The molecule has 1 aromatic carbocycles. The first-order valence-corrected chi connectivity index (χ1v) is 10.4. The zero-order chi connectivity index (χ0) is 21.4. The zero-order valence-corrected chi connectivity index (χ0v) is 17.2. The lowest BCUT2D eigenvalue weighted by Crippen LogP contribution is -2.28. The number of hydrogen-bond donors (Lipinski definition) is 2. The summed E-state index contributed by atoms with van der Waals surface area (Å²) >= 11 is 6.49. The first-order valence-electron chi connectivity index (χ1n) is 10.0. The second kappa shape index (κ2) is 8.03. The lowest BCUT2D eigenvalue weighted by molar-refractivity contribution is -0.143. The maximum Gasteiger partial charge on any atom is 0.306 e. The third-order valence-electron chi connectivity index (χ3n) is 5.54. The summed E-state index contributed by atoms with van der Waals surface area (Å²) in [5.41, 5.74) is 3.51. The number of ether oxygens (including phenoxy) is 1. The van der Waals surface area contributed by atoms with Crippen LogP contribution in [0.4, 0.5) is 0 Å². The molecule has 1 aliphatic carbocycles. The standard InChI is InChI=1S/C22H19ClN4O4/c23-16-11-17-19(27-22(25-17)31-15-7-5-14(6-8-15)21(28)29)26-18(16)12-1-3-13(4-2-12)20-24-9-10-30-20/h1-4,9-11,14-15H,5-8H2,(H,28,29)(H,25,26,27). The number of carboxylic acid groups (broad SMARTS) is 1. The van der Waals surface area contributed by atoms with Crippen LogP contribution >= 0.6 is 11.6 Å². The molecule has 4 aromatic rings. The highest BCUT2D eigenvalue weighted by Gasteiger charge is 2.27. The van der Waals surface area contributed by atoms with Gasteiger partial charge in [-0.25, -0.2) is 9.97 Å². The molecule has 0 amide bonds. The normalized spacial score (nSPS) is 18.9. The maximum absolute atomic E-state index is 11.1. The molecule has 0 saturated heterocycles. The molecule has 3 aromatic heterocycles. The van der Waals surface area contributed by atoms with Crippen molar-refractivity contribution in [1.82, 2.24) is 19.9 Å². The van der Waals surface area contributed by atoms with Gasteiger partial charge in [0, 0.05) is 11.1 Å². The summed E-state index contributed by atoms with van der Waals surface area (Å²) in [6.07, 6.45) is 5.66.